The van der Waals surface area contributed by atoms with Crippen LogP contribution in [0.5, 0.6) is 0 Å². The van der Waals surface area contributed by atoms with Crippen molar-refractivity contribution >= 4 is 25.0 Å². The largest absolute Gasteiger partial charge is 0.868 e. The molecular formula is C6H5BO6. The number of allylic oxidation sites excluding steroid dienone is 1. The quantitative estimate of drug-likeness (QED) is 0.247. The second-order valence-corrected chi connectivity index (χ2v) is 2.15. The van der Waals surface area contributed by atoms with Crippen LogP contribution in [0.15, 0.2) is 12.3 Å². The lowest BCUT2D eigenvalue weighted by atomic mass is 10.2. The van der Waals surface area contributed by atoms with Gasteiger partial charge >= 0.3 is 19.3 Å². The van der Waals surface area contributed by atoms with Crippen molar-refractivity contribution in [1.82, 2.24) is 0 Å². The predicted molar refractivity (Wildman–Crippen MR) is 38.8 cm³/mol. The van der Waals surface area contributed by atoms with Gasteiger partial charge < -0.3 is 14.0 Å². The normalized spacial score (nSPS) is 15.9. The molecule has 7 heteroatoms. The Labute approximate surface area is 73.6 Å². The Morgan fingerprint density at radius 1 is 1.38 bits per heavy atom. The van der Waals surface area contributed by atoms with E-state index < -0.39 is 19.3 Å². The molecule has 1 heterocycles. The number of ketones is 1. The van der Waals surface area contributed by atoms with E-state index in [0.717, 1.165) is 12.3 Å². The summed E-state index contributed by atoms with van der Waals surface area (Å²) in [7, 11) is -1.38. The fraction of sp³-hybridized carbons (Fsp3) is 0.167. The van der Waals surface area contributed by atoms with Crippen molar-refractivity contribution in [1.29, 1.82) is 0 Å². The van der Waals surface area contributed by atoms with Gasteiger partial charge in [-0.15, -0.1) is 0 Å². The fourth-order valence-corrected chi connectivity index (χ4v) is 0.550. The molecular weight excluding hydrogens is 179 g/mol. The molecule has 1 fully saturated rings. The zero-order chi connectivity index (χ0) is 9.84. The van der Waals surface area contributed by atoms with Crippen LogP contribution in [-0.4, -0.2) is 25.0 Å². The van der Waals surface area contributed by atoms with E-state index in [2.05, 4.69) is 14.0 Å². The summed E-state index contributed by atoms with van der Waals surface area (Å²) in [5, 5.41) is 0. The fourth-order valence-electron chi connectivity index (χ4n) is 0.550. The Morgan fingerprint density at radius 3 is 2.38 bits per heavy atom. The molecule has 0 saturated carbocycles. The smallest absolute Gasteiger partial charge is 0.496 e. The van der Waals surface area contributed by atoms with Gasteiger partial charge in [0.05, 0.1) is 6.26 Å². The van der Waals surface area contributed by atoms with Crippen LogP contribution in [-0.2, 0) is 28.3 Å². The number of carbonyl (C=O) groups is 3. The minimum atomic E-state index is -1.38. The third-order valence-corrected chi connectivity index (χ3v) is 1.07. The van der Waals surface area contributed by atoms with Crippen molar-refractivity contribution in [2.45, 2.75) is 6.92 Å². The van der Waals surface area contributed by atoms with Crippen LogP contribution >= 0.6 is 0 Å². The molecule has 0 aromatic carbocycles. The van der Waals surface area contributed by atoms with Crippen LogP contribution in [0.2, 0.25) is 0 Å². The molecule has 0 atom stereocenters. The van der Waals surface area contributed by atoms with Crippen LogP contribution < -0.4 is 0 Å². The van der Waals surface area contributed by atoms with Crippen LogP contribution in [0.3, 0.4) is 0 Å². The highest BCUT2D eigenvalue weighted by molar-refractivity contribution is 6.55. The first-order valence-corrected chi connectivity index (χ1v) is 3.34. The lowest BCUT2D eigenvalue weighted by Gasteiger charge is -1.97. The number of rotatable bonds is 3. The summed E-state index contributed by atoms with van der Waals surface area (Å²) in [4.78, 5) is 31.2. The highest BCUT2D eigenvalue weighted by Crippen LogP contribution is 2.04. The molecule has 1 aliphatic heterocycles. The molecule has 1 saturated heterocycles. The maximum absolute atomic E-state index is 10.4. The van der Waals surface area contributed by atoms with E-state index in [4.69, 9.17) is 0 Å². The number of hydrogen-bond donors (Lipinski definition) is 0. The summed E-state index contributed by atoms with van der Waals surface area (Å²) in [5.41, 5.74) is 0. The van der Waals surface area contributed by atoms with E-state index in [1.807, 2.05) is 0 Å². The van der Waals surface area contributed by atoms with Gasteiger partial charge in [-0.1, -0.05) is 0 Å². The molecule has 1 aliphatic rings. The van der Waals surface area contributed by atoms with Crippen LogP contribution in [0, 0.1) is 0 Å². The first-order chi connectivity index (χ1) is 6.09. The molecule has 13 heavy (non-hydrogen) atoms. The standard InChI is InChI=1S/C6H5BO6/c1-4(8)2-3-11-7-12-5(9)6(10)13-7/h2-3H,1H3/b3-2-. The monoisotopic (exact) mass is 184 g/mol. The molecule has 0 bridgehead atoms. The first kappa shape index (κ1) is 9.30. The van der Waals surface area contributed by atoms with E-state index in [0.29, 0.717) is 0 Å². The second-order valence-electron chi connectivity index (χ2n) is 2.15. The van der Waals surface area contributed by atoms with Gasteiger partial charge in [0, 0.05) is 6.08 Å². The Hall–Kier alpha value is -1.79. The Morgan fingerprint density at radius 2 is 1.92 bits per heavy atom. The molecule has 68 valence electrons. The van der Waals surface area contributed by atoms with E-state index in [1.54, 1.807) is 0 Å². The molecule has 0 amide bonds. The first-order valence-electron chi connectivity index (χ1n) is 3.34. The highest BCUT2D eigenvalue weighted by Gasteiger charge is 2.44. The van der Waals surface area contributed by atoms with Gasteiger partial charge in [0.25, 0.3) is 0 Å². The number of hydrogen-bond acceptors (Lipinski definition) is 6. The van der Waals surface area contributed by atoms with Crippen molar-refractivity contribution in [2.75, 3.05) is 0 Å². The van der Waals surface area contributed by atoms with Gasteiger partial charge in [-0.2, -0.15) is 0 Å². The summed E-state index contributed by atoms with van der Waals surface area (Å²) in [5.74, 6) is -2.46. The van der Waals surface area contributed by atoms with Gasteiger partial charge in [-0.05, 0) is 6.92 Å². The maximum Gasteiger partial charge on any atom is 0.868 e. The van der Waals surface area contributed by atoms with E-state index >= 15 is 0 Å². The third kappa shape index (κ3) is 2.62. The summed E-state index contributed by atoms with van der Waals surface area (Å²) in [6.45, 7) is 1.31. The Bertz CT molecular complexity index is 267. The Balaban J connectivity index is 2.36. The van der Waals surface area contributed by atoms with Crippen molar-refractivity contribution in [3.8, 4) is 0 Å². The van der Waals surface area contributed by atoms with Gasteiger partial charge in [0.1, 0.15) is 0 Å². The summed E-state index contributed by atoms with van der Waals surface area (Å²) in [6, 6.07) is 0. The molecule has 0 aromatic heterocycles. The van der Waals surface area contributed by atoms with Crippen LogP contribution in [0.1, 0.15) is 6.92 Å². The minimum Gasteiger partial charge on any atom is -0.496 e. The lowest BCUT2D eigenvalue weighted by Crippen LogP contribution is -2.17. The average molecular weight is 184 g/mol. The summed E-state index contributed by atoms with van der Waals surface area (Å²) < 4.78 is 13.1. The molecule has 0 N–H and O–H groups in total. The van der Waals surface area contributed by atoms with Crippen LogP contribution in [0.4, 0.5) is 0 Å². The predicted octanol–water partition coefficient (Wildman–Crippen LogP) is -0.809. The van der Waals surface area contributed by atoms with E-state index in [1.165, 1.54) is 6.92 Å². The van der Waals surface area contributed by atoms with E-state index in [-0.39, 0.29) is 5.78 Å². The molecule has 0 radical (unpaired) electrons. The molecule has 0 aliphatic carbocycles. The van der Waals surface area contributed by atoms with Crippen molar-refractivity contribution in [2.24, 2.45) is 0 Å². The van der Waals surface area contributed by atoms with Crippen LogP contribution in [0.25, 0.3) is 0 Å². The second kappa shape index (κ2) is 3.75. The molecule has 0 aromatic rings. The minimum absolute atomic E-state index is 0.240. The van der Waals surface area contributed by atoms with Gasteiger partial charge in [-0.3, -0.25) is 4.79 Å². The maximum atomic E-state index is 10.4. The topological polar surface area (TPSA) is 78.9 Å². The van der Waals surface area contributed by atoms with E-state index in [9.17, 15) is 14.4 Å². The van der Waals surface area contributed by atoms with Crippen molar-refractivity contribution in [3.63, 3.8) is 0 Å². The molecule has 0 spiro atoms. The number of carbonyl (C=O) groups excluding carboxylic acids is 3. The molecule has 6 nitrogen and oxygen atoms in total. The molecule has 0 unspecified atom stereocenters. The third-order valence-electron chi connectivity index (χ3n) is 1.07. The van der Waals surface area contributed by atoms with Gasteiger partial charge in [-0.25, -0.2) is 9.59 Å². The highest BCUT2D eigenvalue weighted by atomic mass is 16.8. The average Bonchev–Trinajstić information content (AvgIpc) is 2.30. The summed E-state index contributed by atoms with van der Waals surface area (Å²) in [6.07, 6.45) is 2.08. The summed E-state index contributed by atoms with van der Waals surface area (Å²) >= 11 is 0. The van der Waals surface area contributed by atoms with Gasteiger partial charge in [0.2, 0.25) is 0 Å². The zero-order valence-electron chi connectivity index (χ0n) is 6.68. The van der Waals surface area contributed by atoms with Gasteiger partial charge in [0.15, 0.2) is 5.78 Å². The Kier molecular flexibility index (Phi) is 2.68. The molecule has 1 rings (SSSR count). The zero-order valence-corrected chi connectivity index (χ0v) is 6.68. The SMILES string of the molecule is CC(=O)/C=C\OB1OC(=O)C(=O)O1. The lowest BCUT2D eigenvalue weighted by molar-refractivity contribution is -0.150. The van der Waals surface area contributed by atoms with Crippen molar-refractivity contribution < 1.29 is 28.3 Å². The van der Waals surface area contributed by atoms with Crippen molar-refractivity contribution in [3.05, 3.63) is 12.3 Å².